The fourth-order valence-corrected chi connectivity index (χ4v) is 5.09. The van der Waals surface area contributed by atoms with Gasteiger partial charge in [-0.25, -0.2) is 9.59 Å². The van der Waals surface area contributed by atoms with Crippen LogP contribution in [0.2, 0.25) is 0 Å². The minimum Gasteiger partial charge on any atom is -0.480 e. The summed E-state index contributed by atoms with van der Waals surface area (Å²) in [5, 5.41) is 11.6. The third-order valence-corrected chi connectivity index (χ3v) is 5.54. The molecule has 4 rings (SSSR count). The second-order valence-corrected chi connectivity index (χ2v) is 6.73. The van der Waals surface area contributed by atoms with Gasteiger partial charge in [0.2, 0.25) is 0 Å². The van der Waals surface area contributed by atoms with Gasteiger partial charge in [-0.1, -0.05) is 0 Å². The standard InChI is InChI=1S/C14H22N2O3/c15-14(19)16-12(13(17)18)6-11-9-2-7-1-8(4-9)5-10(11)3-7/h7-12H,1-6H2,(H,17,18)(H3,15,16,19). The topological polar surface area (TPSA) is 92.4 Å². The molecule has 19 heavy (non-hydrogen) atoms. The number of primary amides is 1. The normalized spacial score (nSPS) is 40.9. The van der Waals surface area contributed by atoms with E-state index in [-0.39, 0.29) is 0 Å². The highest BCUT2D eigenvalue weighted by atomic mass is 16.4. The molecule has 4 saturated carbocycles. The molecule has 5 heteroatoms. The fourth-order valence-electron chi connectivity index (χ4n) is 5.09. The molecule has 4 fully saturated rings. The molecule has 4 aliphatic carbocycles. The first-order valence-electron chi connectivity index (χ1n) is 7.31. The smallest absolute Gasteiger partial charge is 0.326 e. The Kier molecular flexibility index (Phi) is 3.15. The Morgan fingerprint density at radius 2 is 1.63 bits per heavy atom. The Balaban J connectivity index is 1.68. The average Bonchev–Trinajstić information content (AvgIpc) is 2.30. The van der Waals surface area contributed by atoms with Crippen molar-refractivity contribution in [2.45, 2.75) is 44.6 Å². The maximum Gasteiger partial charge on any atom is 0.326 e. The van der Waals surface area contributed by atoms with Gasteiger partial charge in [-0.05, 0) is 68.1 Å². The Morgan fingerprint density at radius 3 is 2.05 bits per heavy atom. The van der Waals surface area contributed by atoms with Crippen LogP contribution >= 0.6 is 0 Å². The Morgan fingerprint density at radius 1 is 1.11 bits per heavy atom. The summed E-state index contributed by atoms with van der Waals surface area (Å²) in [6.07, 6.45) is 7.00. The number of aliphatic carboxylic acids is 1. The predicted octanol–water partition coefficient (Wildman–Crippen LogP) is 1.57. The summed E-state index contributed by atoms with van der Waals surface area (Å²) in [6.45, 7) is 0. The van der Waals surface area contributed by atoms with Gasteiger partial charge in [-0.2, -0.15) is 0 Å². The number of carboxylic acid groups (broad SMARTS) is 1. The van der Waals surface area contributed by atoms with E-state index in [1.54, 1.807) is 0 Å². The van der Waals surface area contributed by atoms with Crippen molar-refractivity contribution in [3.05, 3.63) is 0 Å². The molecule has 0 aromatic rings. The lowest BCUT2D eigenvalue weighted by Crippen LogP contribution is -2.50. The first kappa shape index (κ1) is 12.8. The summed E-state index contributed by atoms with van der Waals surface area (Å²) in [6, 6.07) is -1.56. The molecule has 106 valence electrons. The highest BCUT2D eigenvalue weighted by Crippen LogP contribution is 2.57. The van der Waals surface area contributed by atoms with Gasteiger partial charge in [0.15, 0.2) is 0 Å². The average molecular weight is 266 g/mol. The van der Waals surface area contributed by atoms with Gasteiger partial charge in [0.1, 0.15) is 6.04 Å². The van der Waals surface area contributed by atoms with Crippen LogP contribution in [0.25, 0.3) is 0 Å². The lowest BCUT2D eigenvalue weighted by molar-refractivity contribution is -0.140. The van der Waals surface area contributed by atoms with Crippen molar-refractivity contribution >= 4 is 12.0 Å². The van der Waals surface area contributed by atoms with E-state index in [2.05, 4.69) is 5.32 Å². The lowest BCUT2D eigenvalue weighted by atomic mass is 9.51. The molecule has 1 unspecified atom stereocenters. The Labute approximate surface area is 112 Å². The van der Waals surface area contributed by atoms with E-state index in [0.29, 0.717) is 24.2 Å². The minimum atomic E-state index is -0.965. The molecule has 5 nitrogen and oxygen atoms in total. The molecule has 0 aromatic carbocycles. The van der Waals surface area contributed by atoms with Crippen LogP contribution in [0, 0.1) is 29.6 Å². The molecule has 2 amide bonds. The third-order valence-electron chi connectivity index (χ3n) is 5.54. The van der Waals surface area contributed by atoms with E-state index in [4.69, 9.17) is 5.73 Å². The Bertz CT molecular complexity index is 368. The molecule has 0 aliphatic heterocycles. The molecule has 0 spiro atoms. The number of hydrogen-bond acceptors (Lipinski definition) is 2. The molecule has 0 heterocycles. The number of carboxylic acids is 1. The van der Waals surface area contributed by atoms with Crippen LogP contribution in [0.1, 0.15) is 38.5 Å². The summed E-state index contributed by atoms with van der Waals surface area (Å²) in [4.78, 5) is 22.1. The van der Waals surface area contributed by atoms with Crippen molar-refractivity contribution in [2.75, 3.05) is 0 Å². The number of nitrogens with one attached hydrogen (secondary N) is 1. The van der Waals surface area contributed by atoms with Crippen LogP contribution in [0.3, 0.4) is 0 Å². The van der Waals surface area contributed by atoms with Gasteiger partial charge < -0.3 is 16.2 Å². The van der Waals surface area contributed by atoms with Crippen LogP contribution in [0.5, 0.6) is 0 Å². The van der Waals surface area contributed by atoms with E-state index in [9.17, 15) is 14.7 Å². The maximum atomic E-state index is 11.2. The van der Waals surface area contributed by atoms with E-state index in [1.165, 1.54) is 32.1 Å². The third kappa shape index (κ3) is 2.42. The number of carbonyl (C=O) groups is 2. The minimum absolute atomic E-state index is 0.459. The van der Waals surface area contributed by atoms with Crippen LogP contribution < -0.4 is 11.1 Å². The van der Waals surface area contributed by atoms with Crippen molar-refractivity contribution in [1.29, 1.82) is 0 Å². The van der Waals surface area contributed by atoms with Crippen molar-refractivity contribution in [3.63, 3.8) is 0 Å². The number of hydrogen-bond donors (Lipinski definition) is 3. The van der Waals surface area contributed by atoms with Gasteiger partial charge in [0.05, 0.1) is 0 Å². The second-order valence-electron chi connectivity index (χ2n) is 6.73. The highest BCUT2D eigenvalue weighted by molar-refractivity contribution is 5.81. The van der Waals surface area contributed by atoms with Crippen LogP contribution in [0.4, 0.5) is 4.79 Å². The SMILES string of the molecule is NC(=O)NC(CC1C2CC3CC(C2)CC1C3)C(=O)O. The predicted molar refractivity (Wildman–Crippen MR) is 69.3 cm³/mol. The van der Waals surface area contributed by atoms with Gasteiger partial charge >= 0.3 is 12.0 Å². The number of nitrogens with two attached hydrogens (primary N) is 1. The lowest BCUT2D eigenvalue weighted by Gasteiger charge is -2.55. The van der Waals surface area contributed by atoms with Gasteiger partial charge in [0.25, 0.3) is 0 Å². The number of carbonyl (C=O) groups excluding carboxylic acids is 1. The quantitative estimate of drug-likeness (QED) is 0.721. The monoisotopic (exact) mass is 266 g/mol. The summed E-state index contributed by atoms with van der Waals surface area (Å²) < 4.78 is 0. The molecule has 0 radical (unpaired) electrons. The molecule has 4 bridgehead atoms. The van der Waals surface area contributed by atoms with E-state index >= 15 is 0 Å². The summed E-state index contributed by atoms with van der Waals surface area (Å²) >= 11 is 0. The van der Waals surface area contributed by atoms with E-state index in [1.807, 2.05) is 0 Å². The largest absolute Gasteiger partial charge is 0.480 e. The van der Waals surface area contributed by atoms with Crippen LogP contribution in [-0.2, 0) is 4.79 Å². The molecular weight excluding hydrogens is 244 g/mol. The van der Waals surface area contributed by atoms with Gasteiger partial charge in [0, 0.05) is 0 Å². The van der Waals surface area contributed by atoms with Crippen molar-refractivity contribution in [3.8, 4) is 0 Å². The summed E-state index contributed by atoms with van der Waals surface area (Å²) in [5.74, 6) is 2.60. The molecular formula is C14H22N2O3. The molecule has 0 aromatic heterocycles. The zero-order valence-corrected chi connectivity index (χ0v) is 11.0. The fraction of sp³-hybridized carbons (Fsp3) is 0.857. The number of urea groups is 1. The molecule has 4 N–H and O–H groups in total. The van der Waals surface area contributed by atoms with E-state index < -0.39 is 18.0 Å². The molecule has 1 atom stereocenters. The van der Waals surface area contributed by atoms with Crippen LogP contribution in [0.15, 0.2) is 0 Å². The Hall–Kier alpha value is -1.26. The van der Waals surface area contributed by atoms with Gasteiger partial charge in [-0.3, -0.25) is 0 Å². The second kappa shape index (κ2) is 4.69. The molecule has 4 aliphatic rings. The zero-order chi connectivity index (χ0) is 13.6. The number of amides is 2. The first-order valence-corrected chi connectivity index (χ1v) is 7.31. The van der Waals surface area contributed by atoms with Crippen molar-refractivity contribution in [2.24, 2.45) is 35.3 Å². The molecule has 0 saturated heterocycles. The van der Waals surface area contributed by atoms with Crippen molar-refractivity contribution < 1.29 is 14.7 Å². The van der Waals surface area contributed by atoms with E-state index in [0.717, 1.165) is 11.8 Å². The zero-order valence-electron chi connectivity index (χ0n) is 11.0. The summed E-state index contributed by atoms with van der Waals surface area (Å²) in [7, 11) is 0. The first-order chi connectivity index (χ1) is 9.02. The van der Waals surface area contributed by atoms with Crippen LogP contribution in [-0.4, -0.2) is 23.1 Å². The van der Waals surface area contributed by atoms with Gasteiger partial charge in [-0.15, -0.1) is 0 Å². The highest BCUT2D eigenvalue weighted by Gasteiger charge is 2.48. The summed E-state index contributed by atoms with van der Waals surface area (Å²) in [5.41, 5.74) is 5.07. The van der Waals surface area contributed by atoms with Crippen molar-refractivity contribution in [1.82, 2.24) is 5.32 Å². The number of rotatable bonds is 4. The maximum absolute atomic E-state index is 11.2.